The minimum absolute atomic E-state index is 0.0750. The lowest BCUT2D eigenvalue weighted by molar-refractivity contribution is -0.385. The molecule has 10 heteroatoms. The van der Waals surface area contributed by atoms with Crippen LogP contribution in [0.3, 0.4) is 0 Å². The highest BCUT2D eigenvalue weighted by molar-refractivity contribution is 7.99. The molecule has 36 heavy (non-hydrogen) atoms. The van der Waals surface area contributed by atoms with Gasteiger partial charge in [-0.3, -0.25) is 14.9 Å². The van der Waals surface area contributed by atoms with Crippen LogP contribution in [0.1, 0.15) is 11.3 Å². The molecule has 5 rings (SSSR count). The predicted octanol–water partition coefficient (Wildman–Crippen LogP) is 6.47. The first-order valence-electron chi connectivity index (χ1n) is 11.1. The van der Waals surface area contributed by atoms with Crippen molar-refractivity contribution in [2.24, 2.45) is 0 Å². The molecule has 3 heterocycles. The summed E-state index contributed by atoms with van der Waals surface area (Å²) in [5.74, 6) is -0.352. The molecule has 0 aliphatic rings. The van der Waals surface area contributed by atoms with Gasteiger partial charge in [-0.1, -0.05) is 35.5 Å². The third-order valence-corrected chi connectivity index (χ3v) is 7.41. The van der Waals surface area contributed by atoms with E-state index in [1.165, 1.54) is 23.9 Å². The van der Waals surface area contributed by atoms with Crippen molar-refractivity contribution in [1.29, 1.82) is 0 Å². The fourth-order valence-corrected chi connectivity index (χ4v) is 5.60. The summed E-state index contributed by atoms with van der Waals surface area (Å²) < 4.78 is 1.57. The van der Waals surface area contributed by atoms with Gasteiger partial charge in [0.1, 0.15) is 6.54 Å². The molecule has 0 atom stereocenters. The Bertz CT molecular complexity index is 1580. The fraction of sp³-hybridized carbons (Fsp3) is 0.115. The number of nitrogens with one attached hydrogen (secondary N) is 1. The predicted molar refractivity (Wildman–Crippen MR) is 143 cm³/mol. The quantitative estimate of drug-likeness (QED) is 0.197. The lowest BCUT2D eigenvalue weighted by Crippen LogP contribution is -2.20. The number of rotatable bonds is 7. The number of hydrogen-bond acceptors (Lipinski definition) is 7. The van der Waals surface area contributed by atoms with E-state index in [2.05, 4.69) is 15.4 Å². The van der Waals surface area contributed by atoms with E-state index in [9.17, 15) is 14.9 Å². The smallest absolute Gasteiger partial charge is 0.272 e. The van der Waals surface area contributed by atoms with Crippen LogP contribution in [0.5, 0.6) is 0 Å². The molecule has 0 aliphatic heterocycles. The number of amides is 1. The Hall–Kier alpha value is -4.02. The highest BCUT2D eigenvalue weighted by Crippen LogP contribution is 2.34. The molecule has 180 valence electrons. The standard InChI is InChI=1S/C26H21N5O3S2/c1-16-5-7-20(8-6-16)36-21-13-18(12-19(14-21)31(33)34)28-24(32)15-30-26-25(17(2)29-30)22(9-10-27-26)23-4-3-11-35-23/h3-14H,15H2,1-2H3,(H,28,32). The normalized spacial score (nSPS) is 11.1. The first-order chi connectivity index (χ1) is 17.4. The molecule has 1 amide bonds. The van der Waals surface area contributed by atoms with Crippen LogP contribution in [0.2, 0.25) is 0 Å². The van der Waals surface area contributed by atoms with Crippen LogP contribution in [-0.4, -0.2) is 25.6 Å². The average Bonchev–Trinajstić information content (AvgIpc) is 3.49. The summed E-state index contributed by atoms with van der Waals surface area (Å²) in [4.78, 5) is 31.2. The van der Waals surface area contributed by atoms with Gasteiger partial charge in [0, 0.05) is 44.2 Å². The van der Waals surface area contributed by atoms with E-state index >= 15 is 0 Å². The van der Waals surface area contributed by atoms with Gasteiger partial charge in [-0.05, 0) is 49.6 Å². The Morgan fingerprint density at radius 2 is 1.92 bits per heavy atom. The summed E-state index contributed by atoms with van der Waals surface area (Å²) in [6, 6.07) is 18.4. The lowest BCUT2D eigenvalue weighted by atomic mass is 10.1. The molecule has 8 nitrogen and oxygen atoms in total. The van der Waals surface area contributed by atoms with Crippen LogP contribution in [-0.2, 0) is 11.3 Å². The van der Waals surface area contributed by atoms with Gasteiger partial charge in [0.25, 0.3) is 5.69 Å². The molecule has 3 aromatic heterocycles. The summed E-state index contributed by atoms with van der Waals surface area (Å²) in [7, 11) is 0. The third kappa shape index (κ3) is 5.00. The number of thiophene rings is 1. The second-order valence-corrected chi connectivity index (χ2v) is 10.3. The van der Waals surface area contributed by atoms with Gasteiger partial charge in [-0.15, -0.1) is 11.3 Å². The first kappa shape index (κ1) is 23.7. The molecule has 0 bridgehead atoms. The number of benzene rings is 2. The van der Waals surface area contributed by atoms with Gasteiger partial charge in [0.05, 0.1) is 16.0 Å². The summed E-state index contributed by atoms with van der Waals surface area (Å²) in [5.41, 5.74) is 3.80. The molecule has 0 aliphatic carbocycles. The van der Waals surface area contributed by atoms with Crippen molar-refractivity contribution in [3.63, 3.8) is 0 Å². The fourth-order valence-electron chi connectivity index (χ4n) is 3.93. The van der Waals surface area contributed by atoms with Crippen molar-refractivity contribution in [2.45, 2.75) is 30.2 Å². The second kappa shape index (κ2) is 9.92. The van der Waals surface area contributed by atoms with Crippen molar-refractivity contribution < 1.29 is 9.72 Å². The molecule has 0 saturated carbocycles. The molecule has 2 aromatic carbocycles. The van der Waals surface area contributed by atoms with Crippen LogP contribution in [0.25, 0.3) is 21.5 Å². The number of carbonyl (C=O) groups is 1. The van der Waals surface area contributed by atoms with Crippen molar-refractivity contribution in [3.05, 3.63) is 93.6 Å². The average molecular weight is 516 g/mol. The highest BCUT2D eigenvalue weighted by Gasteiger charge is 2.18. The largest absolute Gasteiger partial charge is 0.324 e. The van der Waals surface area contributed by atoms with Crippen molar-refractivity contribution in [2.75, 3.05) is 5.32 Å². The maximum atomic E-state index is 13.0. The number of anilines is 1. The maximum absolute atomic E-state index is 13.0. The zero-order valence-electron chi connectivity index (χ0n) is 19.5. The van der Waals surface area contributed by atoms with Crippen LogP contribution in [0, 0.1) is 24.0 Å². The van der Waals surface area contributed by atoms with E-state index in [0.717, 1.165) is 32.0 Å². The van der Waals surface area contributed by atoms with Crippen LogP contribution in [0.15, 0.2) is 82.0 Å². The number of nitro groups is 1. The van der Waals surface area contributed by atoms with E-state index in [1.807, 2.05) is 61.7 Å². The number of non-ortho nitro benzene ring substituents is 1. The van der Waals surface area contributed by atoms with Gasteiger partial charge < -0.3 is 5.32 Å². The second-order valence-electron chi connectivity index (χ2n) is 8.21. The highest BCUT2D eigenvalue weighted by atomic mass is 32.2. The lowest BCUT2D eigenvalue weighted by Gasteiger charge is -2.09. The van der Waals surface area contributed by atoms with Crippen molar-refractivity contribution >= 4 is 51.4 Å². The number of pyridine rings is 1. The monoisotopic (exact) mass is 515 g/mol. The van der Waals surface area contributed by atoms with Crippen LogP contribution in [0.4, 0.5) is 11.4 Å². The van der Waals surface area contributed by atoms with Gasteiger partial charge in [0.15, 0.2) is 5.65 Å². The number of fused-ring (bicyclic) bond motifs is 1. The summed E-state index contributed by atoms with van der Waals surface area (Å²) in [6.45, 7) is 3.82. The van der Waals surface area contributed by atoms with Gasteiger partial charge in [-0.2, -0.15) is 5.10 Å². The van der Waals surface area contributed by atoms with Gasteiger partial charge in [0.2, 0.25) is 5.91 Å². The van der Waals surface area contributed by atoms with Gasteiger partial charge >= 0.3 is 0 Å². The number of carbonyl (C=O) groups excluding carboxylic acids is 1. The molecular weight excluding hydrogens is 494 g/mol. The van der Waals surface area contributed by atoms with Crippen LogP contribution < -0.4 is 5.32 Å². The number of aromatic nitrogens is 3. The van der Waals surface area contributed by atoms with E-state index in [1.54, 1.807) is 28.3 Å². The van der Waals surface area contributed by atoms with E-state index in [-0.39, 0.29) is 18.1 Å². The molecule has 0 saturated heterocycles. The molecule has 0 unspecified atom stereocenters. The van der Waals surface area contributed by atoms with Crippen molar-refractivity contribution in [1.82, 2.24) is 14.8 Å². The number of nitrogens with zero attached hydrogens (tertiary/aromatic N) is 4. The Kier molecular flexibility index (Phi) is 6.53. The van der Waals surface area contributed by atoms with Gasteiger partial charge in [-0.25, -0.2) is 9.67 Å². The Balaban J connectivity index is 1.40. The minimum atomic E-state index is -0.463. The number of hydrogen-bond donors (Lipinski definition) is 1. The zero-order valence-corrected chi connectivity index (χ0v) is 21.1. The first-order valence-corrected chi connectivity index (χ1v) is 12.8. The summed E-state index contributed by atoms with van der Waals surface area (Å²) in [6.07, 6.45) is 1.71. The van der Waals surface area contributed by atoms with E-state index in [4.69, 9.17) is 0 Å². The molecule has 1 N–H and O–H groups in total. The summed E-state index contributed by atoms with van der Waals surface area (Å²) in [5, 5.41) is 21.8. The SMILES string of the molecule is Cc1ccc(Sc2cc(NC(=O)Cn3nc(C)c4c(-c5cccs5)ccnc43)cc([N+](=O)[O-])c2)cc1. The molecular formula is C26H21N5O3S2. The van der Waals surface area contributed by atoms with Crippen LogP contribution >= 0.6 is 23.1 Å². The number of aryl methyl sites for hydroxylation is 2. The Labute approximate surface area is 215 Å². The van der Waals surface area contributed by atoms with E-state index < -0.39 is 4.92 Å². The molecule has 0 radical (unpaired) electrons. The topological polar surface area (TPSA) is 103 Å². The molecule has 0 spiro atoms. The molecule has 0 fully saturated rings. The Morgan fingerprint density at radius 1 is 1.11 bits per heavy atom. The third-order valence-electron chi connectivity index (χ3n) is 5.53. The maximum Gasteiger partial charge on any atom is 0.272 e. The Morgan fingerprint density at radius 3 is 2.64 bits per heavy atom. The van der Waals surface area contributed by atoms with E-state index in [0.29, 0.717) is 16.2 Å². The van der Waals surface area contributed by atoms with Crippen molar-refractivity contribution in [3.8, 4) is 10.4 Å². The summed E-state index contributed by atoms with van der Waals surface area (Å²) >= 11 is 3.03. The zero-order chi connectivity index (χ0) is 25.2. The molecule has 5 aromatic rings. The number of nitro benzene ring substituents is 1. The minimum Gasteiger partial charge on any atom is -0.324 e.